The monoisotopic (exact) mass is 384 g/mol. The number of aliphatic hydroxyl groups is 1. The minimum Gasteiger partial charge on any atom is -0.479 e. The van der Waals surface area contributed by atoms with Crippen LogP contribution < -0.4 is 10.6 Å². The van der Waals surface area contributed by atoms with Crippen molar-refractivity contribution in [3.63, 3.8) is 0 Å². The van der Waals surface area contributed by atoms with Crippen molar-refractivity contribution in [1.29, 1.82) is 0 Å². The second-order valence-electron chi connectivity index (χ2n) is 3.75. The third kappa shape index (κ3) is 4.82. The van der Waals surface area contributed by atoms with E-state index in [1.807, 2.05) is 0 Å². The summed E-state index contributed by atoms with van der Waals surface area (Å²) in [5.74, 6) is -1.34. The van der Waals surface area contributed by atoms with Gasteiger partial charge in [-0.15, -0.1) is 0 Å². The van der Waals surface area contributed by atoms with Crippen LogP contribution in [0.4, 0.5) is 10.5 Å². The SMILES string of the molecule is O=C(NCCC(O)C(=O)O)Nc1ccc(Br)c(Cl)c1Cl. The summed E-state index contributed by atoms with van der Waals surface area (Å²) in [5.41, 5.74) is 0.316. The zero-order valence-electron chi connectivity index (χ0n) is 9.99. The number of carbonyl (C=O) groups is 2. The van der Waals surface area contributed by atoms with Crippen LogP contribution in [0.25, 0.3) is 0 Å². The van der Waals surface area contributed by atoms with Crippen molar-refractivity contribution >= 4 is 56.8 Å². The third-order valence-electron chi connectivity index (χ3n) is 2.27. The first-order chi connectivity index (χ1) is 9.32. The normalized spacial score (nSPS) is 11.8. The van der Waals surface area contributed by atoms with Crippen molar-refractivity contribution < 1.29 is 19.8 Å². The Kier molecular flexibility index (Phi) is 6.54. The number of hydrogen-bond donors (Lipinski definition) is 4. The van der Waals surface area contributed by atoms with Crippen LogP contribution in [0.5, 0.6) is 0 Å². The summed E-state index contributed by atoms with van der Waals surface area (Å²) in [6.45, 7) is 0.00117. The van der Waals surface area contributed by atoms with E-state index in [1.54, 1.807) is 12.1 Å². The van der Waals surface area contributed by atoms with Gasteiger partial charge in [0.15, 0.2) is 6.10 Å². The van der Waals surface area contributed by atoms with Gasteiger partial charge < -0.3 is 20.8 Å². The summed E-state index contributed by atoms with van der Waals surface area (Å²) < 4.78 is 0.597. The molecule has 0 saturated carbocycles. The van der Waals surface area contributed by atoms with Crippen LogP contribution in [-0.4, -0.2) is 34.9 Å². The Hall–Kier alpha value is -1.02. The molecule has 0 bridgehead atoms. The second kappa shape index (κ2) is 7.68. The molecule has 6 nitrogen and oxygen atoms in total. The summed E-state index contributed by atoms with van der Waals surface area (Å²) in [7, 11) is 0. The third-order valence-corrected chi connectivity index (χ3v) is 4.04. The minimum absolute atomic E-state index is 0.00117. The van der Waals surface area contributed by atoms with Crippen molar-refractivity contribution in [2.45, 2.75) is 12.5 Å². The average molecular weight is 386 g/mol. The first kappa shape index (κ1) is 17.0. The van der Waals surface area contributed by atoms with Gasteiger partial charge in [0, 0.05) is 17.4 Å². The van der Waals surface area contributed by atoms with Crippen molar-refractivity contribution in [2.75, 3.05) is 11.9 Å². The van der Waals surface area contributed by atoms with Crippen molar-refractivity contribution in [3.05, 3.63) is 26.7 Å². The van der Waals surface area contributed by atoms with Gasteiger partial charge in [-0.3, -0.25) is 0 Å². The molecule has 1 aromatic rings. The number of benzene rings is 1. The van der Waals surface area contributed by atoms with Gasteiger partial charge in [-0.25, -0.2) is 9.59 Å². The lowest BCUT2D eigenvalue weighted by atomic mass is 10.2. The maximum Gasteiger partial charge on any atom is 0.332 e. The molecule has 0 aromatic heterocycles. The number of aliphatic carboxylic acids is 1. The minimum atomic E-state index is -1.51. The highest BCUT2D eigenvalue weighted by molar-refractivity contribution is 9.10. The molecular weight excluding hydrogens is 375 g/mol. The van der Waals surface area contributed by atoms with Gasteiger partial charge in [0.2, 0.25) is 0 Å². The van der Waals surface area contributed by atoms with E-state index < -0.39 is 18.1 Å². The fraction of sp³-hybridized carbons (Fsp3) is 0.273. The molecule has 1 unspecified atom stereocenters. The van der Waals surface area contributed by atoms with E-state index >= 15 is 0 Å². The quantitative estimate of drug-likeness (QED) is 0.585. The van der Waals surface area contributed by atoms with Crippen LogP contribution in [0.1, 0.15) is 6.42 Å². The highest BCUT2D eigenvalue weighted by Crippen LogP contribution is 2.35. The average Bonchev–Trinajstić information content (AvgIpc) is 2.39. The van der Waals surface area contributed by atoms with Crippen LogP contribution in [0, 0.1) is 0 Å². The standard InChI is InChI=1S/C11H11BrCl2N2O4/c12-5-1-2-6(9(14)8(5)13)16-11(20)15-4-3-7(17)10(18)19/h1-2,7,17H,3-4H2,(H,18,19)(H2,15,16,20). The number of carboxylic acids is 1. The van der Waals surface area contributed by atoms with E-state index in [2.05, 4.69) is 26.6 Å². The maximum atomic E-state index is 11.5. The molecule has 0 saturated heterocycles. The Balaban J connectivity index is 2.51. The van der Waals surface area contributed by atoms with Gasteiger partial charge in [-0.1, -0.05) is 23.2 Å². The number of urea groups is 1. The Morgan fingerprint density at radius 2 is 1.95 bits per heavy atom. The van der Waals surface area contributed by atoms with E-state index in [1.165, 1.54) is 0 Å². The molecule has 20 heavy (non-hydrogen) atoms. The van der Waals surface area contributed by atoms with Gasteiger partial charge in [-0.2, -0.15) is 0 Å². The molecular formula is C11H11BrCl2N2O4. The summed E-state index contributed by atoms with van der Waals surface area (Å²) in [4.78, 5) is 21.9. The number of carboxylic acid groups (broad SMARTS) is 1. The van der Waals surface area contributed by atoms with Crippen LogP contribution in [0.3, 0.4) is 0 Å². The number of carbonyl (C=O) groups excluding carboxylic acids is 1. The lowest BCUT2D eigenvalue weighted by molar-refractivity contribution is -0.146. The first-order valence-electron chi connectivity index (χ1n) is 5.42. The summed E-state index contributed by atoms with van der Waals surface area (Å²) in [6, 6.07) is 2.60. The Morgan fingerprint density at radius 1 is 1.30 bits per heavy atom. The predicted octanol–water partition coefficient (Wildman–Crippen LogP) is 2.71. The van der Waals surface area contributed by atoms with Gasteiger partial charge in [0.1, 0.15) is 0 Å². The van der Waals surface area contributed by atoms with E-state index in [-0.39, 0.29) is 23.0 Å². The fourth-order valence-electron chi connectivity index (χ4n) is 1.23. The molecule has 0 spiro atoms. The molecule has 9 heteroatoms. The predicted molar refractivity (Wildman–Crippen MR) is 79.4 cm³/mol. The first-order valence-corrected chi connectivity index (χ1v) is 6.97. The highest BCUT2D eigenvalue weighted by atomic mass is 79.9. The number of amides is 2. The molecule has 0 aliphatic rings. The van der Waals surface area contributed by atoms with Gasteiger partial charge in [0.05, 0.1) is 15.7 Å². The molecule has 110 valence electrons. The van der Waals surface area contributed by atoms with Crippen molar-refractivity contribution in [2.24, 2.45) is 0 Å². The maximum absolute atomic E-state index is 11.5. The Bertz CT molecular complexity index is 527. The molecule has 1 rings (SSSR count). The molecule has 0 heterocycles. The molecule has 4 N–H and O–H groups in total. The summed E-state index contributed by atoms with van der Waals surface area (Å²) in [5, 5.41) is 22.8. The molecule has 0 radical (unpaired) electrons. The lowest BCUT2D eigenvalue weighted by Gasteiger charge is -2.11. The lowest BCUT2D eigenvalue weighted by Crippen LogP contribution is -2.33. The molecule has 1 aromatic carbocycles. The second-order valence-corrected chi connectivity index (χ2v) is 5.36. The van der Waals surface area contributed by atoms with Gasteiger partial charge >= 0.3 is 12.0 Å². The topological polar surface area (TPSA) is 98.7 Å². The van der Waals surface area contributed by atoms with Crippen molar-refractivity contribution in [1.82, 2.24) is 5.32 Å². The molecule has 0 aliphatic heterocycles. The van der Waals surface area contributed by atoms with Crippen LogP contribution in [0.15, 0.2) is 16.6 Å². The van der Waals surface area contributed by atoms with E-state index in [9.17, 15) is 9.59 Å². The highest BCUT2D eigenvalue weighted by Gasteiger charge is 2.14. The number of rotatable bonds is 5. The summed E-state index contributed by atoms with van der Waals surface area (Å²) in [6.07, 6.45) is -1.61. The number of aliphatic hydroxyl groups excluding tert-OH is 1. The number of nitrogens with one attached hydrogen (secondary N) is 2. The Morgan fingerprint density at radius 3 is 2.55 bits per heavy atom. The van der Waals surface area contributed by atoms with Crippen molar-refractivity contribution in [3.8, 4) is 0 Å². The zero-order chi connectivity index (χ0) is 15.3. The van der Waals surface area contributed by atoms with Gasteiger partial charge in [0.25, 0.3) is 0 Å². The smallest absolute Gasteiger partial charge is 0.332 e. The molecule has 0 fully saturated rings. The molecule has 2 amide bonds. The van der Waals surface area contributed by atoms with Gasteiger partial charge in [-0.05, 0) is 28.1 Å². The number of anilines is 1. The number of halogens is 3. The fourth-order valence-corrected chi connectivity index (χ4v) is 2.06. The Labute approximate surface area is 133 Å². The van der Waals surface area contributed by atoms with Crippen LogP contribution >= 0.6 is 39.1 Å². The summed E-state index contributed by atoms with van der Waals surface area (Å²) >= 11 is 15.0. The zero-order valence-corrected chi connectivity index (χ0v) is 13.1. The van der Waals surface area contributed by atoms with Crippen LogP contribution in [-0.2, 0) is 4.79 Å². The number of hydrogen-bond acceptors (Lipinski definition) is 3. The molecule has 1 atom stereocenters. The van der Waals surface area contributed by atoms with Crippen LogP contribution in [0.2, 0.25) is 10.0 Å². The van der Waals surface area contributed by atoms with E-state index in [0.717, 1.165) is 0 Å². The molecule has 0 aliphatic carbocycles. The van der Waals surface area contributed by atoms with E-state index in [4.69, 9.17) is 33.4 Å². The van der Waals surface area contributed by atoms with E-state index in [0.29, 0.717) is 10.2 Å². The largest absolute Gasteiger partial charge is 0.479 e.